The van der Waals surface area contributed by atoms with Gasteiger partial charge < -0.3 is 10.2 Å². The smallest absolute Gasteiger partial charge is 0.308 e. The fourth-order valence-electron chi connectivity index (χ4n) is 4.60. The van der Waals surface area contributed by atoms with Crippen molar-refractivity contribution in [2.24, 2.45) is 0 Å². The quantitative estimate of drug-likeness (QED) is 0.554. The van der Waals surface area contributed by atoms with E-state index in [4.69, 9.17) is 0 Å². The number of thioether (sulfide) groups is 1. The van der Waals surface area contributed by atoms with Gasteiger partial charge in [-0.3, -0.25) is 9.69 Å². The standard InChI is InChI=1S/C26H24FN3O2S/c1-25(2)17-30(24(32)28-20-14-12-19(27)13-15-20)26(33-25)21-10-6-7-11-22(21)29(23(26)31)16-18-8-4-3-5-9-18/h3-15H,16-17H2,1-2H3,(H,28,32)/t26-/m1/s1. The number of anilines is 2. The van der Waals surface area contributed by atoms with Crippen LogP contribution >= 0.6 is 11.8 Å². The molecule has 0 saturated carbocycles. The Morgan fingerprint density at radius 3 is 2.39 bits per heavy atom. The van der Waals surface area contributed by atoms with Crippen LogP contribution in [0.3, 0.4) is 0 Å². The first-order valence-electron chi connectivity index (χ1n) is 10.8. The van der Waals surface area contributed by atoms with Gasteiger partial charge in [-0.2, -0.15) is 0 Å². The minimum absolute atomic E-state index is 0.127. The number of amides is 3. The molecule has 1 spiro atoms. The molecule has 3 amide bonds. The van der Waals surface area contributed by atoms with Gasteiger partial charge in [-0.05, 0) is 49.7 Å². The molecular weight excluding hydrogens is 437 g/mol. The first-order valence-corrected chi connectivity index (χ1v) is 11.6. The zero-order chi connectivity index (χ0) is 23.2. The van der Waals surface area contributed by atoms with Crippen molar-refractivity contribution in [3.8, 4) is 0 Å². The van der Waals surface area contributed by atoms with E-state index in [1.807, 2.05) is 68.4 Å². The second-order valence-electron chi connectivity index (χ2n) is 8.92. The highest BCUT2D eigenvalue weighted by Crippen LogP contribution is 2.59. The number of nitrogens with one attached hydrogen (secondary N) is 1. The lowest BCUT2D eigenvalue weighted by Crippen LogP contribution is -2.51. The lowest BCUT2D eigenvalue weighted by atomic mass is 10.1. The van der Waals surface area contributed by atoms with Gasteiger partial charge in [0, 0.05) is 22.5 Å². The van der Waals surface area contributed by atoms with Crippen molar-refractivity contribution in [3.63, 3.8) is 0 Å². The second-order valence-corrected chi connectivity index (χ2v) is 10.8. The number of hydrogen-bond acceptors (Lipinski definition) is 3. The van der Waals surface area contributed by atoms with E-state index in [0.717, 1.165) is 16.8 Å². The highest BCUT2D eigenvalue weighted by Gasteiger charge is 2.63. The number of rotatable bonds is 3. The third kappa shape index (κ3) is 3.66. The number of para-hydroxylation sites is 1. The first kappa shape index (κ1) is 21.5. The lowest BCUT2D eigenvalue weighted by molar-refractivity contribution is -0.123. The number of urea groups is 1. The first-order chi connectivity index (χ1) is 15.8. The maximum atomic E-state index is 14.1. The molecule has 1 fully saturated rings. The highest BCUT2D eigenvalue weighted by molar-refractivity contribution is 8.02. The van der Waals surface area contributed by atoms with Crippen LogP contribution in [0.1, 0.15) is 25.0 Å². The maximum Gasteiger partial charge on any atom is 0.323 e. The topological polar surface area (TPSA) is 52.7 Å². The number of halogens is 1. The van der Waals surface area contributed by atoms with Crippen LogP contribution in [0.15, 0.2) is 78.9 Å². The van der Waals surface area contributed by atoms with Crippen LogP contribution in [0.2, 0.25) is 0 Å². The van der Waals surface area contributed by atoms with E-state index >= 15 is 0 Å². The number of benzene rings is 3. The summed E-state index contributed by atoms with van der Waals surface area (Å²) >= 11 is 1.51. The van der Waals surface area contributed by atoms with Gasteiger partial charge in [-0.15, -0.1) is 11.8 Å². The van der Waals surface area contributed by atoms with Gasteiger partial charge in [0.05, 0.1) is 12.2 Å². The molecule has 33 heavy (non-hydrogen) atoms. The summed E-state index contributed by atoms with van der Waals surface area (Å²) in [5.74, 6) is -0.504. The van der Waals surface area contributed by atoms with Crippen LogP contribution in [0.25, 0.3) is 0 Å². The Hall–Kier alpha value is -3.32. The van der Waals surface area contributed by atoms with E-state index in [-0.39, 0.29) is 22.5 Å². The predicted molar refractivity (Wildman–Crippen MR) is 130 cm³/mol. The monoisotopic (exact) mass is 461 g/mol. The van der Waals surface area contributed by atoms with Crippen LogP contribution in [0.4, 0.5) is 20.6 Å². The number of carbonyl (C=O) groups is 2. The van der Waals surface area contributed by atoms with Gasteiger partial charge in [0.1, 0.15) is 5.82 Å². The third-order valence-corrected chi connectivity index (χ3v) is 7.55. The van der Waals surface area contributed by atoms with E-state index < -0.39 is 4.87 Å². The molecule has 1 saturated heterocycles. The molecule has 3 aromatic rings. The molecule has 2 heterocycles. The summed E-state index contributed by atoms with van der Waals surface area (Å²) in [6, 6.07) is 22.8. The molecule has 2 aliphatic heterocycles. The Balaban J connectivity index is 1.55. The van der Waals surface area contributed by atoms with Gasteiger partial charge in [0.15, 0.2) is 4.87 Å². The predicted octanol–water partition coefficient (Wildman–Crippen LogP) is 5.58. The second kappa shape index (κ2) is 7.92. The molecule has 5 nitrogen and oxygen atoms in total. The van der Waals surface area contributed by atoms with Gasteiger partial charge in [-0.25, -0.2) is 9.18 Å². The fourth-order valence-corrected chi connectivity index (χ4v) is 6.33. The Morgan fingerprint density at radius 1 is 1.00 bits per heavy atom. The minimum Gasteiger partial charge on any atom is -0.308 e. The summed E-state index contributed by atoms with van der Waals surface area (Å²) in [4.78, 5) is 29.9. The van der Waals surface area contributed by atoms with E-state index in [1.165, 1.54) is 36.0 Å². The third-order valence-electron chi connectivity index (χ3n) is 5.96. The van der Waals surface area contributed by atoms with E-state index in [2.05, 4.69) is 5.32 Å². The van der Waals surface area contributed by atoms with Gasteiger partial charge in [-0.1, -0.05) is 48.5 Å². The molecule has 3 aromatic carbocycles. The number of hydrogen-bond donors (Lipinski definition) is 1. The van der Waals surface area contributed by atoms with E-state index in [1.54, 1.807) is 9.80 Å². The molecule has 2 aliphatic rings. The van der Waals surface area contributed by atoms with Crippen molar-refractivity contribution in [2.45, 2.75) is 30.0 Å². The van der Waals surface area contributed by atoms with Crippen LogP contribution in [-0.2, 0) is 16.2 Å². The minimum atomic E-state index is -1.17. The summed E-state index contributed by atoms with van der Waals surface area (Å²) in [6.45, 7) is 4.90. The average Bonchev–Trinajstić information content (AvgIpc) is 3.22. The van der Waals surface area contributed by atoms with Crippen LogP contribution in [0, 0.1) is 5.82 Å². The van der Waals surface area contributed by atoms with Gasteiger partial charge in [0.25, 0.3) is 5.91 Å². The number of fused-ring (bicyclic) bond motifs is 2. The summed E-state index contributed by atoms with van der Waals surface area (Å²) in [7, 11) is 0. The molecule has 1 N–H and O–H groups in total. The average molecular weight is 462 g/mol. The molecule has 7 heteroatoms. The Labute approximate surface area is 196 Å². The highest BCUT2D eigenvalue weighted by atomic mass is 32.2. The van der Waals surface area contributed by atoms with Crippen molar-refractivity contribution in [1.29, 1.82) is 0 Å². The lowest BCUT2D eigenvalue weighted by Gasteiger charge is -2.33. The van der Waals surface area contributed by atoms with Crippen molar-refractivity contribution in [3.05, 3.63) is 95.8 Å². The number of carbonyl (C=O) groups excluding carboxylic acids is 2. The summed E-state index contributed by atoms with van der Waals surface area (Å²) in [6.07, 6.45) is 0. The SMILES string of the molecule is CC1(C)CN(C(=O)Nc2ccc(F)cc2)[C@]2(S1)C(=O)N(Cc1ccccc1)c1ccccc12. The molecular formula is C26H24FN3O2S. The molecule has 0 aromatic heterocycles. The van der Waals surface area contributed by atoms with Crippen molar-refractivity contribution < 1.29 is 14.0 Å². The van der Waals surface area contributed by atoms with E-state index in [9.17, 15) is 14.0 Å². The van der Waals surface area contributed by atoms with Crippen LogP contribution in [-0.4, -0.2) is 28.1 Å². The van der Waals surface area contributed by atoms with Crippen molar-refractivity contribution in [1.82, 2.24) is 4.90 Å². The number of nitrogens with zero attached hydrogens (tertiary/aromatic N) is 2. The largest absolute Gasteiger partial charge is 0.323 e. The molecule has 1 atom stereocenters. The maximum absolute atomic E-state index is 14.1. The molecule has 5 rings (SSSR count). The molecule has 0 radical (unpaired) electrons. The molecule has 0 unspecified atom stereocenters. The molecule has 168 valence electrons. The van der Waals surface area contributed by atoms with E-state index in [0.29, 0.717) is 18.8 Å². The summed E-state index contributed by atoms with van der Waals surface area (Å²) in [5.41, 5.74) is 3.13. The van der Waals surface area contributed by atoms with Crippen LogP contribution < -0.4 is 10.2 Å². The summed E-state index contributed by atoms with van der Waals surface area (Å²) in [5, 5.41) is 2.85. The van der Waals surface area contributed by atoms with Gasteiger partial charge in [0.2, 0.25) is 0 Å². The summed E-state index contributed by atoms with van der Waals surface area (Å²) < 4.78 is 13.0. The normalized spacial score (nSPS) is 20.9. The molecule has 0 bridgehead atoms. The zero-order valence-electron chi connectivity index (χ0n) is 18.4. The Morgan fingerprint density at radius 2 is 1.67 bits per heavy atom. The Bertz CT molecular complexity index is 1220. The van der Waals surface area contributed by atoms with Gasteiger partial charge >= 0.3 is 6.03 Å². The fraction of sp³-hybridized carbons (Fsp3) is 0.231. The van der Waals surface area contributed by atoms with Crippen molar-refractivity contribution in [2.75, 3.05) is 16.8 Å². The van der Waals surface area contributed by atoms with Crippen LogP contribution in [0.5, 0.6) is 0 Å². The Kier molecular flexibility index (Phi) is 5.16. The molecule has 0 aliphatic carbocycles. The zero-order valence-corrected chi connectivity index (χ0v) is 19.2. The van der Waals surface area contributed by atoms with Crippen molar-refractivity contribution >= 4 is 35.1 Å².